The molecule has 0 aliphatic rings. The number of nitrogens with two attached hydrogens (primary N) is 1. The Morgan fingerprint density at radius 3 is 1.77 bits per heavy atom. The highest BCUT2D eigenvalue weighted by Crippen LogP contribution is 2.33. The van der Waals surface area contributed by atoms with E-state index >= 15 is 0 Å². The average Bonchev–Trinajstić information content (AvgIpc) is 1.79. The van der Waals surface area contributed by atoms with Crippen molar-refractivity contribution in [1.82, 2.24) is 0 Å². The first-order valence-corrected chi connectivity index (χ1v) is 5.38. The third-order valence-corrected chi connectivity index (χ3v) is 2.43. The Kier molecular flexibility index (Phi) is 4.44. The van der Waals surface area contributed by atoms with Crippen molar-refractivity contribution in [1.29, 1.82) is 0 Å². The zero-order chi connectivity index (χ0) is 10.7. The van der Waals surface area contributed by atoms with E-state index in [2.05, 4.69) is 41.5 Å². The minimum atomic E-state index is 0.329. The third-order valence-electron chi connectivity index (χ3n) is 2.43. The lowest BCUT2D eigenvalue weighted by Crippen LogP contribution is -2.26. The number of hydrogen-bond donors (Lipinski definition) is 1. The summed E-state index contributed by atoms with van der Waals surface area (Å²) in [7, 11) is 0. The largest absolute Gasteiger partial charge is 0.328 e. The molecule has 0 aromatic heterocycles. The van der Waals surface area contributed by atoms with Gasteiger partial charge in [0.05, 0.1) is 0 Å². The summed E-state index contributed by atoms with van der Waals surface area (Å²) in [6, 6.07) is 0.329. The molecule has 0 aliphatic carbocycles. The molecule has 2 N–H and O–H groups in total. The van der Waals surface area contributed by atoms with Crippen molar-refractivity contribution in [2.45, 2.75) is 66.8 Å². The molecule has 0 rings (SSSR count). The summed E-state index contributed by atoms with van der Waals surface area (Å²) in [5, 5.41) is 0. The Morgan fingerprint density at radius 1 is 1.00 bits per heavy atom. The Balaban J connectivity index is 3.89. The molecule has 80 valence electrons. The molecule has 1 unspecified atom stereocenters. The van der Waals surface area contributed by atoms with Crippen molar-refractivity contribution in [3.8, 4) is 0 Å². The Morgan fingerprint density at radius 2 is 1.46 bits per heavy atom. The molecule has 0 aliphatic heterocycles. The van der Waals surface area contributed by atoms with Crippen molar-refractivity contribution in [3.63, 3.8) is 0 Å². The Labute approximate surface area is 84.1 Å². The molecule has 0 heterocycles. The van der Waals surface area contributed by atoms with Crippen LogP contribution in [-0.4, -0.2) is 6.04 Å². The maximum atomic E-state index is 5.82. The van der Waals surface area contributed by atoms with Gasteiger partial charge in [-0.15, -0.1) is 0 Å². The van der Waals surface area contributed by atoms with Crippen LogP contribution in [0.3, 0.4) is 0 Å². The first-order chi connectivity index (χ1) is 5.62. The number of rotatable bonds is 4. The van der Waals surface area contributed by atoms with Crippen LogP contribution in [0.5, 0.6) is 0 Å². The van der Waals surface area contributed by atoms with Gasteiger partial charge in [0.2, 0.25) is 0 Å². The Hall–Kier alpha value is -0.0400. The summed E-state index contributed by atoms with van der Waals surface area (Å²) in [5.41, 5.74) is 6.68. The van der Waals surface area contributed by atoms with Gasteiger partial charge in [0.15, 0.2) is 0 Å². The molecule has 0 aromatic rings. The lowest BCUT2D eigenvalue weighted by atomic mass is 9.77. The normalized spacial score (nSPS) is 15.9. The van der Waals surface area contributed by atoms with Crippen LogP contribution >= 0.6 is 0 Å². The standard InChI is InChI=1S/C12H27N/c1-10(13)9-12(5,6)8-7-11(2,3)4/h10H,7-9,13H2,1-6H3. The smallest absolute Gasteiger partial charge is 0.00155 e. The van der Waals surface area contributed by atoms with Crippen LogP contribution in [0.15, 0.2) is 0 Å². The second-order valence-electron chi connectivity index (χ2n) is 6.41. The highest BCUT2D eigenvalue weighted by atomic mass is 14.6. The van der Waals surface area contributed by atoms with Crippen LogP contribution in [0.1, 0.15) is 60.8 Å². The van der Waals surface area contributed by atoms with Crippen molar-refractivity contribution >= 4 is 0 Å². The molecule has 1 heteroatoms. The molecule has 0 aromatic carbocycles. The fourth-order valence-corrected chi connectivity index (χ4v) is 1.69. The van der Waals surface area contributed by atoms with Gasteiger partial charge in [-0.3, -0.25) is 0 Å². The fraction of sp³-hybridized carbons (Fsp3) is 1.00. The number of hydrogen-bond acceptors (Lipinski definition) is 1. The van der Waals surface area contributed by atoms with Crippen molar-refractivity contribution < 1.29 is 0 Å². The molecule has 13 heavy (non-hydrogen) atoms. The van der Waals surface area contributed by atoms with Crippen LogP contribution in [0, 0.1) is 10.8 Å². The van der Waals surface area contributed by atoms with E-state index in [0.717, 1.165) is 6.42 Å². The fourth-order valence-electron chi connectivity index (χ4n) is 1.69. The molecular formula is C12H27N. The maximum Gasteiger partial charge on any atom is 0.00155 e. The van der Waals surface area contributed by atoms with Crippen LogP contribution in [-0.2, 0) is 0 Å². The minimum Gasteiger partial charge on any atom is -0.328 e. The quantitative estimate of drug-likeness (QED) is 0.712. The topological polar surface area (TPSA) is 26.0 Å². The molecule has 0 bridgehead atoms. The van der Waals surface area contributed by atoms with Gasteiger partial charge < -0.3 is 5.73 Å². The highest BCUT2D eigenvalue weighted by molar-refractivity contribution is 4.75. The van der Waals surface area contributed by atoms with Crippen molar-refractivity contribution in [3.05, 3.63) is 0 Å². The van der Waals surface area contributed by atoms with Crippen molar-refractivity contribution in [2.75, 3.05) is 0 Å². The Bertz CT molecular complexity index is 140. The molecule has 0 radical (unpaired) electrons. The monoisotopic (exact) mass is 185 g/mol. The average molecular weight is 185 g/mol. The van der Waals surface area contributed by atoms with Crippen LogP contribution in [0.2, 0.25) is 0 Å². The molecule has 1 atom stereocenters. The molecule has 0 fully saturated rings. The highest BCUT2D eigenvalue weighted by Gasteiger charge is 2.22. The molecule has 0 saturated heterocycles. The first kappa shape index (κ1) is 13.0. The predicted octanol–water partition coefficient (Wildman–Crippen LogP) is 3.58. The van der Waals surface area contributed by atoms with Gasteiger partial charge in [-0.25, -0.2) is 0 Å². The van der Waals surface area contributed by atoms with Crippen molar-refractivity contribution in [2.24, 2.45) is 16.6 Å². The molecule has 1 nitrogen and oxygen atoms in total. The van der Waals surface area contributed by atoms with Gasteiger partial charge in [0.25, 0.3) is 0 Å². The SMILES string of the molecule is CC(N)CC(C)(C)CCC(C)(C)C. The van der Waals surface area contributed by atoms with E-state index in [1.165, 1.54) is 12.8 Å². The summed E-state index contributed by atoms with van der Waals surface area (Å²) < 4.78 is 0. The van der Waals surface area contributed by atoms with E-state index in [1.807, 2.05) is 0 Å². The summed E-state index contributed by atoms with van der Waals surface area (Å²) in [6.07, 6.45) is 3.69. The molecule has 0 spiro atoms. The van der Waals surface area contributed by atoms with Gasteiger partial charge >= 0.3 is 0 Å². The van der Waals surface area contributed by atoms with E-state index in [4.69, 9.17) is 5.73 Å². The third kappa shape index (κ3) is 8.29. The zero-order valence-electron chi connectivity index (χ0n) is 10.3. The molecule has 0 saturated carbocycles. The molecule has 0 amide bonds. The van der Waals surface area contributed by atoms with Crippen LogP contribution in [0.4, 0.5) is 0 Å². The van der Waals surface area contributed by atoms with E-state index in [1.54, 1.807) is 0 Å². The summed E-state index contributed by atoms with van der Waals surface area (Å²) in [6.45, 7) is 13.6. The van der Waals surface area contributed by atoms with Gasteiger partial charge in [-0.1, -0.05) is 34.6 Å². The van der Waals surface area contributed by atoms with E-state index in [0.29, 0.717) is 16.9 Å². The lowest BCUT2D eigenvalue weighted by molar-refractivity contribution is 0.230. The predicted molar refractivity (Wildman–Crippen MR) is 60.7 cm³/mol. The van der Waals surface area contributed by atoms with E-state index < -0.39 is 0 Å². The van der Waals surface area contributed by atoms with Gasteiger partial charge in [0, 0.05) is 6.04 Å². The van der Waals surface area contributed by atoms with Gasteiger partial charge in [-0.05, 0) is 37.0 Å². The second kappa shape index (κ2) is 4.45. The summed E-state index contributed by atoms with van der Waals surface area (Å²) in [4.78, 5) is 0. The second-order valence-corrected chi connectivity index (χ2v) is 6.41. The van der Waals surface area contributed by atoms with Gasteiger partial charge in [0.1, 0.15) is 0 Å². The zero-order valence-corrected chi connectivity index (χ0v) is 10.3. The summed E-state index contributed by atoms with van der Waals surface area (Å²) in [5.74, 6) is 0. The van der Waals surface area contributed by atoms with Gasteiger partial charge in [-0.2, -0.15) is 0 Å². The van der Waals surface area contributed by atoms with Crippen LogP contribution in [0.25, 0.3) is 0 Å². The van der Waals surface area contributed by atoms with E-state index in [9.17, 15) is 0 Å². The first-order valence-electron chi connectivity index (χ1n) is 5.38. The molecular weight excluding hydrogens is 158 g/mol. The lowest BCUT2D eigenvalue weighted by Gasteiger charge is -2.30. The summed E-state index contributed by atoms with van der Waals surface area (Å²) >= 11 is 0. The van der Waals surface area contributed by atoms with E-state index in [-0.39, 0.29) is 0 Å². The minimum absolute atomic E-state index is 0.329. The maximum absolute atomic E-state index is 5.82. The van der Waals surface area contributed by atoms with Crippen LogP contribution < -0.4 is 5.73 Å².